The van der Waals surface area contributed by atoms with Crippen LogP contribution >= 0.6 is 0 Å². The molecule has 0 amide bonds. The van der Waals surface area contributed by atoms with Crippen LogP contribution in [-0.4, -0.2) is 78.5 Å². The van der Waals surface area contributed by atoms with Gasteiger partial charge < -0.3 is 19.4 Å². The summed E-state index contributed by atoms with van der Waals surface area (Å²) in [5, 5.41) is 0.906. The number of nitrogens with zero attached hydrogens (tertiary/aromatic N) is 4. The van der Waals surface area contributed by atoms with E-state index in [9.17, 15) is 4.79 Å². The van der Waals surface area contributed by atoms with Crippen molar-refractivity contribution in [3.8, 4) is 17.2 Å². The summed E-state index contributed by atoms with van der Waals surface area (Å²) in [5.74, 6) is 1.37. The number of aromatic nitrogens is 2. The van der Waals surface area contributed by atoms with Crippen molar-refractivity contribution in [3.63, 3.8) is 0 Å². The minimum absolute atomic E-state index is 0.190. The van der Waals surface area contributed by atoms with E-state index in [0.29, 0.717) is 34.9 Å². The van der Waals surface area contributed by atoms with E-state index in [1.54, 1.807) is 19.4 Å². The summed E-state index contributed by atoms with van der Waals surface area (Å²) in [5.41, 5.74) is 3.13. The van der Waals surface area contributed by atoms with Crippen LogP contribution in [0.2, 0.25) is 0 Å². The minimum Gasteiger partial charge on any atom is -0.497 e. The van der Waals surface area contributed by atoms with Gasteiger partial charge in [-0.05, 0) is 67.0 Å². The number of halogens is 1. The molecule has 3 aliphatic rings. The Bertz CT molecular complexity index is 1580. The summed E-state index contributed by atoms with van der Waals surface area (Å²) in [6.07, 6.45) is 8.63. The topological polar surface area (TPSA) is 73.9 Å². The number of hydrogen-bond acceptors (Lipinski definition) is 7. The molecule has 1 spiro atoms. The predicted octanol–water partition coefficient (Wildman–Crippen LogP) is 5.88. The van der Waals surface area contributed by atoms with Crippen molar-refractivity contribution in [2.75, 3.05) is 51.3 Å². The maximum atomic E-state index is 15.2. The number of ether oxygens (including phenoxy) is 2. The molecule has 2 aromatic carbocycles. The molecule has 7 rings (SSSR count). The molecule has 0 radical (unpaired) electrons. The highest BCUT2D eigenvalue weighted by molar-refractivity contribution is 5.82. The number of carbonyl (C=O) groups is 1. The third-order valence-electron chi connectivity index (χ3n) is 9.80. The second kappa shape index (κ2) is 11.6. The van der Waals surface area contributed by atoms with Crippen LogP contribution in [0.15, 0.2) is 60.9 Å². The highest BCUT2D eigenvalue weighted by Crippen LogP contribution is 2.51. The van der Waals surface area contributed by atoms with Gasteiger partial charge in [0.15, 0.2) is 6.29 Å². The molecule has 2 saturated heterocycles. The van der Waals surface area contributed by atoms with E-state index in [1.807, 2.05) is 30.5 Å². The lowest BCUT2D eigenvalue weighted by atomic mass is 9.60. The number of piperazine rings is 1. The number of pyridine rings is 1. The number of H-pyrrole nitrogens is 1. The van der Waals surface area contributed by atoms with Crippen molar-refractivity contribution in [1.29, 1.82) is 0 Å². The maximum Gasteiger partial charge on any atom is 0.153 e. The molecule has 2 aromatic heterocycles. The first kappa shape index (κ1) is 27.9. The fourth-order valence-corrected chi connectivity index (χ4v) is 7.19. The summed E-state index contributed by atoms with van der Waals surface area (Å²) in [4.78, 5) is 26.5. The number of carbonyl (C=O) groups excluding carboxylic acids is 1. The van der Waals surface area contributed by atoms with E-state index in [-0.39, 0.29) is 11.4 Å². The summed E-state index contributed by atoms with van der Waals surface area (Å²) in [7, 11) is 1.70. The van der Waals surface area contributed by atoms with Crippen LogP contribution in [0, 0.1) is 11.2 Å². The fourth-order valence-electron chi connectivity index (χ4n) is 7.19. The molecule has 8 nitrogen and oxygen atoms in total. The van der Waals surface area contributed by atoms with Crippen molar-refractivity contribution in [2.24, 2.45) is 5.41 Å². The zero-order chi connectivity index (χ0) is 29.4. The van der Waals surface area contributed by atoms with Crippen molar-refractivity contribution in [1.82, 2.24) is 19.8 Å². The van der Waals surface area contributed by atoms with E-state index >= 15 is 4.39 Å². The average molecular weight is 584 g/mol. The zero-order valence-corrected chi connectivity index (χ0v) is 24.6. The van der Waals surface area contributed by atoms with Crippen LogP contribution in [0.3, 0.4) is 0 Å². The standard InChI is InChI=1S/C34H38FN5O3/c1-42-28-4-2-24(3-5-28)22-38-12-14-39(15-13-38)27-19-34(20-27)7-10-40(11-8-34)31-18-32(26(23-41)17-30(31)35)43-29-16-25-6-9-36-33(25)37-21-29/h2-6,9,16-18,21,23,27H,7-8,10-15,19-20,22H2,1H3,(H,36,37). The largest absolute Gasteiger partial charge is 0.497 e. The molecule has 1 N–H and O–H groups in total. The summed E-state index contributed by atoms with van der Waals surface area (Å²) in [6, 6.07) is 15.8. The van der Waals surface area contributed by atoms with Crippen LogP contribution in [0.25, 0.3) is 11.0 Å². The average Bonchev–Trinajstić information content (AvgIpc) is 3.50. The van der Waals surface area contributed by atoms with Gasteiger partial charge in [-0.1, -0.05) is 12.1 Å². The van der Waals surface area contributed by atoms with Gasteiger partial charge in [0, 0.05) is 69.5 Å². The first-order chi connectivity index (χ1) is 21.0. The highest BCUT2D eigenvalue weighted by Gasteiger charge is 2.48. The minimum atomic E-state index is -0.386. The number of anilines is 1. The monoisotopic (exact) mass is 583 g/mol. The quantitative estimate of drug-likeness (QED) is 0.260. The molecule has 3 fully saturated rings. The Balaban J connectivity index is 0.929. The molecule has 4 aromatic rings. The lowest BCUT2D eigenvalue weighted by molar-refractivity contribution is -0.0356. The number of benzene rings is 2. The smallest absolute Gasteiger partial charge is 0.153 e. The number of nitrogens with one attached hydrogen (secondary N) is 1. The lowest BCUT2D eigenvalue weighted by Crippen LogP contribution is -2.59. The molecule has 0 atom stereocenters. The molecule has 0 bridgehead atoms. The Morgan fingerprint density at radius 3 is 2.49 bits per heavy atom. The molecule has 9 heteroatoms. The molecule has 1 aliphatic carbocycles. The van der Waals surface area contributed by atoms with Gasteiger partial charge in [0.2, 0.25) is 0 Å². The molecule has 1 saturated carbocycles. The Morgan fingerprint density at radius 1 is 1.00 bits per heavy atom. The molecule has 2 aliphatic heterocycles. The first-order valence-corrected chi connectivity index (χ1v) is 15.2. The van der Waals surface area contributed by atoms with Gasteiger partial charge in [0.05, 0.1) is 24.6 Å². The number of aldehydes is 1. The van der Waals surface area contributed by atoms with Gasteiger partial charge in [-0.3, -0.25) is 14.6 Å². The number of aromatic amines is 1. The van der Waals surface area contributed by atoms with Gasteiger partial charge in [-0.2, -0.15) is 0 Å². The second-order valence-corrected chi connectivity index (χ2v) is 12.4. The molecule has 4 heterocycles. The van der Waals surface area contributed by atoms with Gasteiger partial charge in [-0.25, -0.2) is 9.37 Å². The number of rotatable bonds is 8. The van der Waals surface area contributed by atoms with Gasteiger partial charge in [-0.15, -0.1) is 0 Å². The lowest BCUT2D eigenvalue weighted by Gasteiger charge is -2.56. The predicted molar refractivity (Wildman–Crippen MR) is 165 cm³/mol. The third kappa shape index (κ3) is 5.71. The number of fused-ring (bicyclic) bond motifs is 1. The normalized spacial score (nSPS) is 19.4. The van der Waals surface area contributed by atoms with Crippen LogP contribution in [0.5, 0.6) is 17.2 Å². The summed E-state index contributed by atoms with van der Waals surface area (Å²) in [6.45, 7) is 7.02. The van der Waals surface area contributed by atoms with Crippen LogP contribution in [-0.2, 0) is 6.54 Å². The Hall–Kier alpha value is -3.95. The second-order valence-electron chi connectivity index (χ2n) is 12.4. The summed E-state index contributed by atoms with van der Waals surface area (Å²) < 4.78 is 26.6. The van der Waals surface area contributed by atoms with Crippen LogP contribution in [0.4, 0.5) is 10.1 Å². The number of methoxy groups -OCH3 is 1. The fraction of sp³-hybridized carbons (Fsp3) is 0.412. The molecular weight excluding hydrogens is 545 g/mol. The molecule has 0 unspecified atom stereocenters. The van der Waals surface area contributed by atoms with E-state index in [1.165, 1.54) is 24.5 Å². The molecule has 43 heavy (non-hydrogen) atoms. The SMILES string of the molecule is COc1ccc(CN2CCN(C3CC4(CCN(c5cc(Oc6cnc7[nH]ccc7c6)c(C=O)cc5F)CC4)C3)CC2)cc1. The zero-order valence-electron chi connectivity index (χ0n) is 24.6. The van der Waals surface area contributed by atoms with Crippen LogP contribution in [0.1, 0.15) is 41.6 Å². The van der Waals surface area contributed by atoms with Gasteiger partial charge in [0.25, 0.3) is 0 Å². The van der Waals surface area contributed by atoms with E-state index in [0.717, 1.165) is 75.4 Å². The van der Waals surface area contributed by atoms with E-state index in [4.69, 9.17) is 9.47 Å². The Labute approximate surface area is 251 Å². The Morgan fingerprint density at radius 2 is 1.77 bits per heavy atom. The molecular formula is C34H38FN5O3. The maximum absolute atomic E-state index is 15.2. The first-order valence-electron chi connectivity index (χ1n) is 15.2. The van der Waals surface area contributed by atoms with Crippen molar-refractivity contribution in [3.05, 3.63) is 77.9 Å². The van der Waals surface area contributed by atoms with Crippen molar-refractivity contribution >= 4 is 23.0 Å². The molecule has 224 valence electrons. The number of hydrogen-bond donors (Lipinski definition) is 1. The van der Waals surface area contributed by atoms with Gasteiger partial charge >= 0.3 is 0 Å². The van der Waals surface area contributed by atoms with Crippen molar-refractivity contribution < 1.29 is 18.7 Å². The highest BCUT2D eigenvalue weighted by atomic mass is 19.1. The summed E-state index contributed by atoms with van der Waals surface area (Å²) >= 11 is 0. The van der Waals surface area contributed by atoms with Gasteiger partial charge in [0.1, 0.15) is 28.7 Å². The Kier molecular flexibility index (Phi) is 7.53. The van der Waals surface area contributed by atoms with E-state index < -0.39 is 0 Å². The van der Waals surface area contributed by atoms with Crippen molar-refractivity contribution in [2.45, 2.75) is 38.3 Å². The number of piperidine rings is 1. The van der Waals surface area contributed by atoms with Crippen LogP contribution < -0.4 is 14.4 Å². The third-order valence-corrected chi connectivity index (χ3v) is 9.80. The van der Waals surface area contributed by atoms with E-state index in [2.05, 4.69) is 36.8 Å².